The molecule has 0 amide bonds. The topological polar surface area (TPSA) is 42.4 Å². The highest BCUT2D eigenvalue weighted by molar-refractivity contribution is 5.84. The van der Waals surface area contributed by atoms with Gasteiger partial charge < -0.3 is 9.84 Å². The third kappa shape index (κ3) is 1.66. The van der Waals surface area contributed by atoms with Crippen LogP contribution in [0.2, 0.25) is 0 Å². The first-order chi connectivity index (χ1) is 8.59. The molecule has 2 aromatic rings. The molecule has 1 aromatic carbocycles. The van der Waals surface area contributed by atoms with Crippen molar-refractivity contribution in [3.63, 3.8) is 0 Å². The number of aliphatic hydroxyl groups is 1. The summed E-state index contributed by atoms with van der Waals surface area (Å²) in [5.74, 6) is 0.852. The highest BCUT2D eigenvalue weighted by Gasteiger charge is 2.49. The third-order valence-corrected chi connectivity index (χ3v) is 4.00. The smallest absolute Gasteiger partial charge is 0.129 e. The summed E-state index contributed by atoms with van der Waals surface area (Å²) in [6.45, 7) is 4.07. The van der Waals surface area contributed by atoms with Crippen LogP contribution < -0.4 is 4.74 Å². The summed E-state index contributed by atoms with van der Waals surface area (Å²) in [5.41, 5.74) is 0.761. The molecule has 18 heavy (non-hydrogen) atoms. The van der Waals surface area contributed by atoms with Crippen LogP contribution in [0.5, 0.6) is 5.75 Å². The molecule has 1 aliphatic carbocycles. The van der Waals surface area contributed by atoms with Crippen LogP contribution in [-0.4, -0.2) is 22.3 Å². The Hall–Kier alpha value is -1.61. The number of aliphatic hydroxyl groups excluding tert-OH is 1. The number of benzene rings is 1. The number of rotatable bonds is 2. The summed E-state index contributed by atoms with van der Waals surface area (Å²) < 4.78 is 6.05. The molecule has 1 saturated carbocycles. The average Bonchev–Trinajstić information content (AvgIpc) is 2.39. The van der Waals surface area contributed by atoms with Gasteiger partial charge in [0.1, 0.15) is 11.9 Å². The fraction of sp³-hybridized carbons (Fsp3) is 0.400. The zero-order valence-corrected chi connectivity index (χ0v) is 10.6. The van der Waals surface area contributed by atoms with E-state index in [4.69, 9.17) is 4.74 Å². The van der Waals surface area contributed by atoms with Crippen molar-refractivity contribution in [3.8, 4) is 5.75 Å². The summed E-state index contributed by atoms with van der Waals surface area (Å²) in [6, 6.07) is 9.82. The van der Waals surface area contributed by atoms with E-state index in [9.17, 15) is 5.11 Å². The average molecular weight is 243 g/mol. The Kier molecular flexibility index (Phi) is 2.52. The second kappa shape index (κ2) is 3.95. The Morgan fingerprint density at radius 2 is 2.11 bits per heavy atom. The first-order valence-electron chi connectivity index (χ1n) is 6.27. The van der Waals surface area contributed by atoms with Crippen molar-refractivity contribution < 1.29 is 9.84 Å². The number of aromatic nitrogens is 1. The molecular formula is C15H17NO2. The monoisotopic (exact) mass is 243 g/mol. The molecule has 94 valence electrons. The zero-order valence-electron chi connectivity index (χ0n) is 10.6. The number of nitrogens with zero attached hydrogens (tertiary/aromatic N) is 1. The van der Waals surface area contributed by atoms with Crippen molar-refractivity contribution in [1.29, 1.82) is 0 Å². The standard InChI is InChI=1S/C15H17NO2/c1-15(2)13(17)9-14(15)18-12-7-3-6-11-10(12)5-4-8-16-11/h3-8,13-14,17H,9H2,1-2H3. The lowest BCUT2D eigenvalue weighted by Crippen LogP contribution is -2.56. The molecule has 0 bridgehead atoms. The molecule has 0 saturated heterocycles. The predicted octanol–water partition coefficient (Wildman–Crippen LogP) is 2.77. The Bertz CT molecular complexity index is 574. The van der Waals surface area contributed by atoms with Crippen LogP contribution in [0.1, 0.15) is 20.3 Å². The molecule has 1 N–H and O–H groups in total. The number of fused-ring (bicyclic) bond motifs is 1. The van der Waals surface area contributed by atoms with Crippen LogP contribution in [0, 0.1) is 5.41 Å². The minimum absolute atomic E-state index is 0.0679. The van der Waals surface area contributed by atoms with Gasteiger partial charge in [-0.05, 0) is 24.3 Å². The summed E-state index contributed by atoms with van der Waals surface area (Å²) in [6.07, 6.45) is 2.28. The lowest BCUT2D eigenvalue weighted by atomic mass is 9.66. The van der Waals surface area contributed by atoms with E-state index in [1.807, 2.05) is 44.2 Å². The van der Waals surface area contributed by atoms with Crippen LogP contribution in [0.15, 0.2) is 36.5 Å². The Morgan fingerprint density at radius 1 is 1.28 bits per heavy atom. The maximum absolute atomic E-state index is 9.75. The van der Waals surface area contributed by atoms with Crippen molar-refractivity contribution in [1.82, 2.24) is 4.98 Å². The van der Waals surface area contributed by atoms with Crippen LogP contribution in [0.4, 0.5) is 0 Å². The van der Waals surface area contributed by atoms with Crippen molar-refractivity contribution in [3.05, 3.63) is 36.5 Å². The van der Waals surface area contributed by atoms with E-state index in [0.29, 0.717) is 6.42 Å². The number of ether oxygens (including phenoxy) is 1. The van der Waals surface area contributed by atoms with Gasteiger partial charge in [-0.1, -0.05) is 19.9 Å². The zero-order chi connectivity index (χ0) is 12.8. The molecule has 1 fully saturated rings. The highest BCUT2D eigenvalue weighted by Crippen LogP contribution is 2.43. The first-order valence-corrected chi connectivity index (χ1v) is 6.27. The first kappa shape index (κ1) is 11.5. The predicted molar refractivity (Wildman–Crippen MR) is 70.6 cm³/mol. The summed E-state index contributed by atoms with van der Waals surface area (Å²) >= 11 is 0. The van der Waals surface area contributed by atoms with Crippen molar-refractivity contribution in [2.24, 2.45) is 5.41 Å². The van der Waals surface area contributed by atoms with Gasteiger partial charge in [-0.25, -0.2) is 0 Å². The van der Waals surface area contributed by atoms with Gasteiger partial charge in [0.2, 0.25) is 0 Å². The van der Waals surface area contributed by atoms with Gasteiger partial charge in [0, 0.05) is 23.4 Å². The third-order valence-electron chi connectivity index (χ3n) is 4.00. The fourth-order valence-electron chi connectivity index (χ4n) is 2.40. The summed E-state index contributed by atoms with van der Waals surface area (Å²) in [7, 11) is 0. The molecule has 3 nitrogen and oxygen atoms in total. The molecular weight excluding hydrogens is 226 g/mol. The number of hydrogen-bond acceptors (Lipinski definition) is 3. The number of hydrogen-bond donors (Lipinski definition) is 1. The molecule has 2 atom stereocenters. The molecule has 0 spiro atoms. The minimum atomic E-state index is -0.268. The summed E-state index contributed by atoms with van der Waals surface area (Å²) in [4.78, 5) is 4.31. The van der Waals surface area contributed by atoms with Crippen LogP contribution in [-0.2, 0) is 0 Å². The molecule has 3 rings (SSSR count). The van der Waals surface area contributed by atoms with E-state index in [-0.39, 0.29) is 17.6 Å². The second-order valence-electron chi connectivity index (χ2n) is 5.51. The largest absolute Gasteiger partial charge is 0.489 e. The normalized spacial score (nSPS) is 25.7. The second-order valence-corrected chi connectivity index (χ2v) is 5.51. The Balaban J connectivity index is 1.92. The summed E-state index contributed by atoms with van der Waals surface area (Å²) in [5, 5.41) is 10.8. The molecule has 1 heterocycles. The minimum Gasteiger partial charge on any atom is -0.489 e. The van der Waals surface area contributed by atoms with Gasteiger partial charge in [-0.15, -0.1) is 0 Å². The van der Waals surface area contributed by atoms with Crippen molar-refractivity contribution in [2.45, 2.75) is 32.5 Å². The van der Waals surface area contributed by atoms with Gasteiger partial charge in [0.15, 0.2) is 0 Å². The molecule has 2 unspecified atom stereocenters. The van der Waals surface area contributed by atoms with Gasteiger partial charge in [0.25, 0.3) is 0 Å². The van der Waals surface area contributed by atoms with E-state index in [0.717, 1.165) is 16.7 Å². The Morgan fingerprint density at radius 3 is 2.83 bits per heavy atom. The maximum atomic E-state index is 9.75. The van der Waals surface area contributed by atoms with E-state index in [1.165, 1.54) is 0 Å². The van der Waals surface area contributed by atoms with Gasteiger partial charge >= 0.3 is 0 Å². The molecule has 3 heteroatoms. The van der Waals surface area contributed by atoms with Crippen LogP contribution in [0.25, 0.3) is 10.9 Å². The highest BCUT2D eigenvalue weighted by atomic mass is 16.5. The quantitative estimate of drug-likeness (QED) is 0.882. The molecule has 1 aromatic heterocycles. The van der Waals surface area contributed by atoms with Crippen LogP contribution in [0.3, 0.4) is 0 Å². The molecule has 0 radical (unpaired) electrons. The lowest BCUT2D eigenvalue weighted by Gasteiger charge is -2.48. The maximum Gasteiger partial charge on any atom is 0.129 e. The van der Waals surface area contributed by atoms with E-state index in [1.54, 1.807) is 6.20 Å². The van der Waals surface area contributed by atoms with E-state index in [2.05, 4.69) is 4.98 Å². The van der Waals surface area contributed by atoms with Gasteiger partial charge in [0.05, 0.1) is 11.6 Å². The van der Waals surface area contributed by atoms with E-state index >= 15 is 0 Å². The Labute approximate surface area is 106 Å². The van der Waals surface area contributed by atoms with Crippen molar-refractivity contribution >= 4 is 10.9 Å². The lowest BCUT2D eigenvalue weighted by molar-refractivity contribution is -0.134. The van der Waals surface area contributed by atoms with Gasteiger partial charge in [-0.2, -0.15) is 0 Å². The van der Waals surface area contributed by atoms with E-state index < -0.39 is 0 Å². The van der Waals surface area contributed by atoms with Gasteiger partial charge in [-0.3, -0.25) is 4.98 Å². The van der Waals surface area contributed by atoms with Crippen LogP contribution >= 0.6 is 0 Å². The number of pyridine rings is 1. The fourth-order valence-corrected chi connectivity index (χ4v) is 2.40. The SMILES string of the molecule is CC1(C)C(O)CC1Oc1cccc2ncccc12. The molecule has 1 aliphatic rings. The molecule has 0 aliphatic heterocycles. The van der Waals surface area contributed by atoms with Crippen molar-refractivity contribution in [2.75, 3.05) is 0 Å².